The van der Waals surface area contributed by atoms with Gasteiger partial charge in [-0.25, -0.2) is 9.18 Å². The Bertz CT molecular complexity index is 447. The summed E-state index contributed by atoms with van der Waals surface area (Å²) in [5.41, 5.74) is -2.24. The number of esters is 3. The molecule has 24 heavy (non-hydrogen) atoms. The van der Waals surface area contributed by atoms with Crippen LogP contribution in [0.25, 0.3) is 0 Å². The van der Waals surface area contributed by atoms with Crippen LogP contribution in [0.3, 0.4) is 0 Å². The molecule has 0 aromatic rings. The predicted molar refractivity (Wildman–Crippen MR) is 72.5 cm³/mol. The number of halogens is 4. The van der Waals surface area contributed by atoms with Gasteiger partial charge < -0.3 is 14.2 Å². The largest absolute Gasteiger partial charge is 0.465 e. The molecule has 0 rings (SSSR count). The maximum absolute atomic E-state index is 13.6. The van der Waals surface area contributed by atoms with Crippen LogP contribution >= 0.6 is 0 Å². The van der Waals surface area contributed by atoms with Gasteiger partial charge in [-0.2, -0.15) is 13.2 Å². The molecule has 0 radical (unpaired) electrons. The standard InChI is InChI=1S/C14H20F4O6/c1-4-13(3,15)12(21)23-7-6-9(10(19)22-5-2)11(20)24-8-14(16,17)18/h9H,4-8H2,1-3H3. The minimum absolute atomic E-state index is 0.111. The first-order valence-electron chi connectivity index (χ1n) is 7.20. The van der Waals surface area contributed by atoms with Crippen LogP contribution in [-0.4, -0.2) is 49.6 Å². The van der Waals surface area contributed by atoms with Gasteiger partial charge in [0.1, 0.15) is 0 Å². The molecular weight excluding hydrogens is 340 g/mol. The Morgan fingerprint density at radius 2 is 1.50 bits per heavy atom. The molecule has 0 aliphatic carbocycles. The van der Waals surface area contributed by atoms with Crippen molar-refractivity contribution in [2.45, 2.75) is 45.5 Å². The summed E-state index contributed by atoms with van der Waals surface area (Å²) in [6.45, 7) is 1.32. The fraction of sp³-hybridized carbons (Fsp3) is 0.786. The highest BCUT2D eigenvalue weighted by atomic mass is 19.4. The van der Waals surface area contributed by atoms with E-state index in [4.69, 9.17) is 0 Å². The van der Waals surface area contributed by atoms with Crippen molar-refractivity contribution >= 4 is 17.9 Å². The van der Waals surface area contributed by atoms with Gasteiger partial charge in [0.05, 0.1) is 13.2 Å². The van der Waals surface area contributed by atoms with Gasteiger partial charge in [-0.05, 0) is 20.3 Å². The molecule has 2 unspecified atom stereocenters. The monoisotopic (exact) mass is 360 g/mol. The van der Waals surface area contributed by atoms with E-state index < -0.39 is 55.3 Å². The number of carbonyl (C=O) groups excluding carboxylic acids is 3. The summed E-state index contributed by atoms with van der Waals surface area (Å²) in [4.78, 5) is 34.6. The third kappa shape index (κ3) is 8.11. The minimum atomic E-state index is -4.75. The molecule has 0 aromatic heterocycles. The SMILES string of the molecule is CCOC(=O)C(CCOC(=O)C(C)(F)CC)C(=O)OCC(F)(F)F. The van der Waals surface area contributed by atoms with E-state index in [1.807, 2.05) is 0 Å². The highest BCUT2D eigenvalue weighted by Gasteiger charge is 2.36. The van der Waals surface area contributed by atoms with Gasteiger partial charge in [0.2, 0.25) is 5.67 Å². The zero-order valence-corrected chi connectivity index (χ0v) is 13.6. The second-order valence-corrected chi connectivity index (χ2v) is 5.00. The maximum Gasteiger partial charge on any atom is 0.422 e. The molecule has 140 valence electrons. The van der Waals surface area contributed by atoms with Crippen molar-refractivity contribution in [3.63, 3.8) is 0 Å². The Labute approximate surface area is 136 Å². The summed E-state index contributed by atoms with van der Waals surface area (Å²) in [5.74, 6) is -5.47. The lowest BCUT2D eigenvalue weighted by atomic mass is 10.1. The quantitative estimate of drug-likeness (QED) is 0.272. The van der Waals surface area contributed by atoms with Crippen molar-refractivity contribution in [1.29, 1.82) is 0 Å². The van der Waals surface area contributed by atoms with Gasteiger partial charge in [-0.15, -0.1) is 0 Å². The molecule has 0 N–H and O–H groups in total. The molecule has 6 nitrogen and oxygen atoms in total. The lowest BCUT2D eigenvalue weighted by molar-refractivity contribution is -0.192. The molecule has 0 bridgehead atoms. The second-order valence-electron chi connectivity index (χ2n) is 5.00. The highest BCUT2D eigenvalue weighted by Crippen LogP contribution is 2.19. The zero-order chi connectivity index (χ0) is 19.0. The average molecular weight is 360 g/mol. The van der Waals surface area contributed by atoms with Gasteiger partial charge >= 0.3 is 24.1 Å². The van der Waals surface area contributed by atoms with Gasteiger partial charge in [0, 0.05) is 6.42 Å². The first-order chi connectivity index (χ1) is 10.9. The molecule has 0 heterocycles. The summed E-state index contributed by atoms with van der Waals surface area (Å²) < 4.78 is 63.0. The molecule has 0 saturated heterocycles. The molecule has 10 heteroatoms. The zero-order valence-electron chi connectivity index (χ0n) is 13.6. The van der Waals surface area contributed by atoms with E-state index in [-0.39, 0.29) is 13.0 Å². The summed E-state index contributed by atoms with van der Waals surface area (Å²) in [6.07, 6.45) is -5.39. The van der Waals surface area contributed by atoms with Crippen LogP contribution < -0.4 is 0 Å². The number of carbonyl (C=O) groups is 3. The molecule has 0 amide bonds. The van der Waals surface area contributed by atoms with Gasteiger partial charge in [0.25, 0.3) is 0 Å². The highest BCUT2D eigenvalue weighted by molar-refractivity contribution is 5.94. The molecule has 0 aromatic carbocycles. The van der Waals surface area contributed by atoms with Crippen molar-refractivity contribution in [1.82, 2.24) is 0 Å². The Hall–Kier alpha value is -1.87. The van der Waals surface area contributed by atoms with Crippen LogP contribution in [-0.2, 0) is 28.6 Å². The summed E-state index contributed by atoms with van der Waals surface area (Å²) in [7, 11) is 0. The number of alkyl halides is 4. The van der Waals surface area contributed by atoms with Crippen molar-refractivity contribution in [2.24, 2.45) is 5.92 Å². The fourth-order valence-electron chi connectivity index (χ4n) is 1.39. The van der Waals surface area contributed by atoms with Crippen LogP contribution in [0.1, 0.15) is 33.6 Å². The van der Waals surface area contributed by atoms with Gasteiger partial charge in [0.15, 0.2) is 12.5 Å². The maximum atomic E-state index is 13.6. The van der Waals surface area contributed by atoms with Gasteiger partial charge in [-0.1, -0.05) is 6.92 Å². The molecule has 0 aliphatic heterocycles. The van der Waals surface area contributed by atoms with Crippen molar-refractivity contribution < 1.29 is 46.2 Å². The predicted octanol–water partition coefficient (Wildman–Crippen LogP) is 2.34. The normalized spacial score (nSPS) is 15.1. The molecule has 0 aliphatic rings. The molecule has 0 fully saturated rings. The smallest absolute Gasteiger partial charge is 0.422 e. The van der Waals surface area contributed by atoms with Crippen LogP contribution in [0.2, 0.25) is 0 Å². The van der Waals surface area contributed by atoms with Crippen LogP contribution in [0.5, 0.6) is 0 Å². The van der Waals surface area contributed by atoms with Crippen molar-refractivity contribution in [3.8, 4) is 0 Å². The molecule has 0 spiro atoms. The molecular formula is C14H20F4O6. The molecule has 0 saturated carbocycles. The Morgan fingerprint density at radius 1 is 0.958 bits per heavy atom. The van der Waals surface area contributed by atoms with E-state index in [0.717, 1.165) is 6.92 Å². The fourth-order valence-corrected chi connectivity index (χ4v) is 1.39. The van der Waals surface area contributed by atoms with Crippen molar-refractivity contribution in [3.05, 3.63) is 0 Å². The van der Waals surface area contributed by atoms with Gasteiger partial charge in [-0.3, -0.25) is 9.59 Å². The van der Waals surface area contributed by atoms with Crippen molar-refractivity contribution in [2.75, 3.05) is 19.8 Å². The number of ether oxygens (including phenoxy) is 3. The lowest BCUT2D eigenvalue weighted by Crippen LogP contribution is -2.34. The summed E-state index contributed by atoms with van der Waals surface area (Å²) in [5, 5.41) is 0. The van der Waals surface area contributed by atoms with E-state index in [9.17, 15) is 31.9 Å². The first-order valence-corrected chi connectivity index (χ1v) is 7.20. The number of hydrogen-bond donors (Lipinski definition) is 0. The summed E-state index contributed by atoms with van der Waals surface area (Å²) >= 11 is 0. The third-order valence-electron chi connectivity index (χ3n) is 2.96. The lowest BCUT2D eigenvalue weighted by Gasteiger charge is -2.18. The third-order valence-corrected chi connectivity index (χ3v) is 2.96. The Balaban J connectivity index is 4.71. The van der Waals surface area contributed by atoms with Crippen LogP contribution in [0.15, 0.2) is 0 Å². The molecule has 2 atom stereocenters. The summed E-state index contributed by atoms with van der Waals surface area (Å²) in [6, 6.07) is 0. The first kappa shape index (κ1) is 22.1. The minimum Gasteiger partial charge on any atom is -0.465 e. The average Bonchev–Trinajstić information content (AvgIpc) is 2.48. The van der Waals surface area contributed by atoms with Crippen LogP contribution in [0, 0.1) is 5.92 Å². The number of hydrogen-bond acceptors (Lipinski definition) is 6. The van der Waals surface area contributed by atoms with E-state index in [1.54, 1.807) is 0 Å². The second kappa shape index (κ2) is 9.43. The van der Waals surface area contributed by atoms with Crippen LogP contribution in [0.4, 0.5) is 17.6 Å². The Morgan fingerprint density at radius 3 is 1.96 bits per heavy atom. The van der Waals surface area contributed by atoms with E-state index in [1.165, 1.54) is 13.8 Å². The topological polar surface area (TPSA) is 78.9 Å². The van der Waals surface area contributed by atoms with E-state index in [0.29, 0.717) is 0 Å². The number of rotatable bonds is 9. The van der Waals surface area contributed by atoms with E-state index in [2.05, 4.69) is 14.2 Å². The Kier molecular flexibility index (Phi) is 8.70. The van der Waals surface area contributed by atoms with E-state index >= 15 is 0 Å².